The van der Waals surface area contributed by atoms with Crippen LogP contribution in [-0.4, -0.2) is 31.1 Å². The minimum Gasteiger partial charge on any atom is -0.380 e. The molecule has 0 aliphatic heterocycles. The van der Waals surface area contributed by atoms with Crippen molar-refractivity contribution in [1.29, 1.82) is 0 Å². The molecule has 0 saturated carbocycles. The van der Waals surface area contributed by atoms with Gasteiger partial charge < -0.3 is 10.1 Å². The van der Waals surface area contributed by atoms with Crippen LogP contribution in [0.5, 0.6) is 0 Å². The van der Waals surface area contributed by atoms with E-state index in [2.05, 4.69) is 35.1 Å². The van der Waals surface area contributed by atoms with E-state index in [1.165, 1.54) is 12.8 Å². The molecule has 0 aliphatic rings. The average molecular weight is 238 g/mol. The van der Waals surface area contributed by atoms with E-state index in [9.17, 15) is 0 Å². The predicted molar refractivity (Wildman–Crippen MR) is 57.0 cm³/mol. The monoisotopic (exact) mass is 237 g/mol. The summed E-state index contributed by atoms with van der Waals surface area (Å²) in [4.78, 5) is 0. The maximum Gasteiger partial charge on any atom is 0.0591 e. The first-order valence-corrected chi connectivity index (χ1v) is 5.80. The molecule has 0 aromatic heterocycles. The van der Waals surface area contributed by atoms with Gasteiger partial charge in [0, 0.05) is 24.5 Å². The quantitative estimate of drug-likeness (QED) is 0.517. The minimum atomic E-state index is 0.541. The van der Waals surface area contributed by atoms with Crippen LogP contribution in [0.15, 0.2) is 0 Å². The molecule has 74 valence electrons. The van der Waals surface area contributed by atoms with E-state index in [1.807, 2.05) is 0 Å². The van der Waals surface area contributed by atoms with Gasteiger partial charge in [0.1, 0.15) is 0 Å². The largest absolute Gasteiger partial charge is 0.380 e. The van der Waals surface area contributed by atoms with Crippen molar-refractivity contribution in [2.24, 2.45) is 0 Å². The Bertz CT molecular complexity index is 90.6. The van der Waals surface area contributed by atoms with E-state index >= 15 is 0 Å². The lowest BCUT2D eigenvalue weighted by Crippen LogP contribution is -2.30. The second kappa shape index (κ2) is 9.49. The van der Waals surface area contributed by atoms with E-state index in [1.54, 1.807) is 0 Å². The van der Waals surface area contributed by atoms with E-state index in [-0.39, 0.29) is 0 Å². The average Bonchev–Trinajstić information content (AvgIpc) is 2.10. The topological polar surface area (TPSA) is 21.3 Å². The van der Waals surface area contributed by atoms with E-state index in [4.69, 9.17) is 4.74 Å². The molecular formula is C9H20BrNO. The molecule has 0 aliphatic carbocycles. The highest BCUT2D eigenvalue weighted by Crippen LogP contribution is 1.89. The molecule has 12 heavy (non-hydrogen) atoms. The van der Waals surface area contributed by atoms with Gasteiger partial charge in [-0.3, -0.25) is 0 Å². The fraction of sp³-hybridized carbons (Fsp3) is 1.00. The molecule has 0 aromatic carbocycles. The number of rotatable bonds is 8. The third kappa shape index (κ3) is 8.50. The molecule has 0 radical (unpaired) electrons. The summed E-state index contributed by atoms with van der Waals surface area (Å²) in [5, 5.41) is 4.34. The molecule has 0 fully saturated rings. The van der Waals surface area contributed by atoms with Crippen LogP contribution in [0.25, 0.3) is 0 Å². The molecule has 0 heterocycles. The Kier molecular flexibility index (Phi) is 9.80. The van der Waals surface area contributed by atoms with Crippen LogP contribution in [0, 0.1) is 0 Å². The van der Waals surface area contributed by atoms with Crippen molar-refractivity contribution in [3.63, 3.8) is 0 Å². The molecule has 0 saturated heterocycles. The lowest BCUT2D eigenvalue weighted by atomic mass is 10.4. The van der Waals surface area contributed by atoms with Gasteiger partial charge in [0.15, 0.2) is 0 Å². The third-order valence-corrected chi connectivity index (χ3v) is 2.58. The Morgan fingerprint density at radius 1 is 1.42 bits per heavy atom. The zero-order valence-corrected chi connectivity index (χ0v) is 9.69. The van der Waals surface area contributed by atoms with Crippen LogP contribution in [0.3, 0.4) is 0 Å². The Hall–Kier alpha value is 0.400. The number of ether oxygens (including phenoxy) is 1. The summed E-state index contributed by atoms with van der Waals surface area (Å²) >= 11 is 3.41. The first-order valence-electron chi connectivity index (χ1n) is 4.68. The van der Waals surface area contributed by atoms with Crippen molar-refractivity contribution in [2.75, 3.05) is 25.1 Å². The SMILES string of the molecule is CCCCOCCNC(C)CBr. The second-order valence-corrected chi connectivity index (χ2v) is 3.62. The highest BCUT2D eigenvalue weighted by atomic mass is 79.9. The van der Waals surface area contributed by atoms with Crippen molar-refractivity contribution < 1.29 is 4.74 Å². The number of halogens is 1. The van der Waals surface area contributed by atoms with Gasteiger partial charge in [-0.05, 0) is 13.3 Å². The van der Waals surface area contributed by atoms with Crippen LogP contribution >= 0.6 is 15.9 Å². The Balaban J connectivity index is 2.90. The molecule has 0 rings (SSSR count). The standard InChI is InChI=1S/C9H20BrNO/c1-3-4-6-12-7-5-11-9(2)8-10/h9,11H,3-8H2,1-2H3. The number of alkyl halides is 1. The first-order chi connectivity index (χ1) is 5.81. The summed E-state index contributed by atoms with van der Waals surface area (Å²) in [5.74, 6) is 0. The Morgan fingerprint density at radius 2 is 2.17 bits per heavy atom. The number of nitrogens with one attached hydrogen (secondary N) is 1. The minimum absolute atomic E-state index is 0.541. The highest BCUT2D eigenvalue weighted by molar-refractivity contribution is 9.09. The lowest BCUT2D eigenvalue weighted by Gasteiger charge is -2.10. The molecule has 2 nitrogen and oxygen atoms in total. The van der Waals surface area contributed by atoms with Crippen molar-refractivity contribution in [1.82, 2.24) is 5.32 Å². The van der Waals surface area contributed by atoms with Gasteiger partial charge in [0.2, 0.25) is 0 Å². The van der Waals surface area contributed by atoms with E-state index < -0.39 is 0 Å². The summed E-state index contributed by atoms with van der Waals surface area (Å²) in [7, 11) is 0. The van der Waals surface area contributed by atoms with Crippen LogP contribution in [0.2, 0.25) is 0 Å². The lowest BCUT2D eigenvalue weighted by molar-refractivity contribution is 0.132. The molecule has 1 atom stereocenters. The zero-order chi connectivity index (χ0) is 9.23. The van der Waals surface area contributed by atoms with Crippen LogP contribution in [-0.2, 0) is 4.74 Å². The van der Waals surface area contributed by atoms with Crippen LogP contribution in [0.1, 0.15) is 26.7 Å². The van der Waals surface area contributed by atoms with Gasteiger partial charge >= 0.3 is 0 Å². The normalized spacial score (nSPS) is 13.2. The molecule has 0 aromatic rings. The maximum atomic E-state index is 5.39. The summed E-state index contributed by atoms with van der Waals surface area (Å²) in [6, 6.07) is 0.541. The summed E-state index contributed by atoms with van der Waals surface area (Å²) in [5.41, 5.74) is 0. The van der Waals surface area contributed by atoms with Gasteiger partial charge in [-0.1, -0.05) is 29.3 Å². The van der Waals surface area contributed by atoms with Gasteiger partial charge in [0.05, 0.1) is 6.61 Å². The molecule has 1 unspecified atom stereocenters. The van der Waals surface area contributed by atoms with E-state index in [0.717, 1.165) is 25.1 Å². The molecule has 1 N–H and O–H groups in total. The predicted octanol–water partition coefficient (Wildman–Crippen LogP) is 2.18. The number of unbranched alkanes of at least 4 members (excludes halogenated alkanes) is 1. The third-order valence-electron chi connectivity index (χ3n) is 1.61. The van der Waals surface area contributed by atoms with Gasteiger partial charge in [-0.15, -0.1) is 0 Å². The van der Waals surface area contributed by atoms with Crippen LogP contribution in [0.4, 0.5) is 0 Å². The molecule has 0 amide bonds. The van der Waals surface area contributed by atoms with E-state index in [0.29, 0.717) is 6.04 Å². The molecular weight excluding hydrogens is 218 g/mol. The van der Waals surface area contributed by atoms with Crippen molar-refractivity contribution in [3.05, 3.63) is 0 Å². The van der Waals surface area contributed by atoms with Crippen molar-refractivity contribution >= 4 is 15.9 Å². The summed E-state index contributed by atoms with van der Waals surface area (Å²) in [6.07, 6.45) is 2.39. The van der Waals surface area contributed by atoms with Crippen molar-refractivity contribution in [2.45, 2.75) is 32.7 Å². The van der Waals surface area contributed by atoms with Crippen LogP contribution < -0.4 is 5.32 Å². The van der Waals surface area contributed by atoms with Crippen molar-refractivity contribution in [3.8, 4) is 0 Å². The Labute approximate surface area is 84.2 Å². The number of hydrogen-bond acceptors (Lipinski definition) is 2. The molecule has 0 bridgehead atoms. The summed E-state index contributed by atoms with van der Waals surface area (Å²) in [6.45, 7) is 7.02. The fourth-order valence-corrected chi connectivity index (χ4v) is 1.01. The second-order valence-electron chi connectivity index (χ2n) is 2.98. The first kappa shape index (κ1) is 12.4. The zero-order valence-electron chi connectivity index (χ0n) is 8.11. The van der Waals surface area contributed by atoms with Gasteiger partial charge in [-0.2, -0.15) is 0 Å². The molecule has 0 spiro atoms. The molecule has 3 heteroatoms. The fourth-order valence-electron chi connectivity index (χ4n) is 0.781. The number of hydrogen-bond donors (Lipinski definition) is 1. The smallest absolute Gasteiger partial charge is 0.0591 e. The maximum absolute atomic E-state index is 5.39. The highest BCUT2D eigenvalue weighted by Gasteiger charge is 1.96. The Morgan fingerprint density at radius 3 is 2.75 bits per heavy atom. The summed E-state index contributed by atoms with van der Waals surface area (Å²) < 4.78 is 5.39. The van der Waals surface area contributed by atoms with Gasteiger partial charge in [-0.25, -0.2) is 0 Å². The van der Waals surface area contributed by atoms with Gasteiger partial charge in [0.25, 0.3) is 0 Å².